The van der Waals surface area contributed by atoms with Crippen molar-refractivity contribution in [3.63, 3.8) is 0 Å². The second-order valence-corrected chi connectivity index (χ2v) is 4.37. The molecule has 0 bridgehead atoms. The molecule has 114 valence electrons. The zero-order valence-corrected chi connectivity index (χ0v) is 12.1. The number of anilines is 2. The van der Waals surface area contributed by atoms with Gasteiger partial charge in [-0.3, -0.25) is 4.79 Å². The normalized spacial score (nSPS) is 9.86. The van der Waals surface area contributed by atoms with Crippen LogP contribution in [0.2, 0.25) is 0 Å². The van der Waals surface area contributed by atoms with Gasteiger partial charge in [0.25, 0.3) is 0 Å². The van der Waals surface area contributed by atoms with E-state index in [0.29, 0.717) is 23.7 Å². The highest BCUT2D eigenvalue weighted by Crippen LogP contribution is 2.10. The third-order valence-corrected chi connectivity index (χ3v) is 2.79. The molecule has 0 radical (unpaired) electrons. The van der Waals surface area contributed by atoms with Gasteiger partial charge in [-0.2, -0.15) is 0 Å². The van der Waals surface area contributed by atoms with Crippen LogP contribution in [-0.4, -0.2) is 35.5 Å². The van der Waals surface area contributed by atoms with Gasteiger partial charge in [0.2, 0.25) is 11.9 Å². The van der Waals surface area contributed by atoms with Crippen LogP contribution >= 0.6 is 0 Å². The lowest BCUT2D eigenvalue weighted by Crippen LogP contribution is -2.17. The summed E-state index contributed by atoms with van der Waals surface area (Å²) in [5.74, 6) is -0.0723. The van der Waals surface area contributed by atoms with E-state index < -0.39 is 5.97 Å². The van der Waals surface area contributed by atoms with E-state index in [4.69, 9.17) is 0 Å². The Labute approximate surface area is 127 Å². The molecule has 1 aromatic carbocycles. The number of rotatable bonds is 6. The van der Waals surface area contributed by atoms with Crippen LogP contribution < -0.4 is 10.6 Å². The first kappa shape index (κ1) is 15.4. The molecule has 0 fully saturated rings. The van der Waals surface area contributed by atoms with Crippen molar-refractivity contribution >= 4 is 23.5 Å². The Hall–Kier alpha value is -2.96. The molecule has 2 rings (SSSR count). The number of amides is 1. The van der Waals surface area contributed by atoms with Crippen LogP contribution in [-0.2, 0) is 9.53 Å². The van der Waals surface area contributed by atoms with Gasteiger partial charge in [0.15, 0.2) is 0 Å². The molecule has 7 nitrogen and oxygen atoms in total. The first-order chi connectivity index (χ1) is 10.7. The first-order valence-corrected chi connectivity index (χ1v) is 6.68. The third-order valence-electron chi connectivity index (χ3n) is 2.79. The molecule has 0 saturated carbocycles. The Balaban J connectivity index is 1.78. The highest BCUT2D eigenvalue weighted by atomic mass is 16.5. The largest absolute Gasteiger partial charge is 0.465 e. The predicted octanol–water partition coefficient (Wildman–Crippen LogP) is 1.70. The number of ether oxygens (including phenoxy) is 1. The Morgan fingerprint density at radius 1 is 1.14 bits per heavy atom. The molecule has 1 aromatic heterocycles. The summed E-state index contributed by atoms with van der Waals surface area (Å²) in [6.45, 7) is 0.427. The number of hydrogen-bond donors (Lipinski definition) is 2. The van der Waals surface area contributed by atoms with E-state index in [2.05, 4.69) is 25.3 Å². The lowest BCUT2D eigenvalue weighted by Gasteiger charge is -2.07. The van der Waals surface area contributed by atoms with Crippen molar-refractivity contribution in [1.82, 2.24) is 9.97 Å². The number of aromatic nitrogens is 2. The Kier molecular flexibility index (Phi) is 5.42. The molecule has 0 saturated heterocycles. The number of carbonyl (C=O) groups is 2. The van der Waals surface area contributed by atoms with E-state index >= 15 is 0 Å². The van der Waals surface area contributed by atoms with Crippen LogP contribution in [0.5, 0.6) is 0 Å². The highest BCUT2D eigenvalue weighted by Gasteiger charge is 2.06. The predicted molar refractivity (Wildman–Crippen MR) is 81.5 cm³/mol. The van der Waals surface area contributed by atoms with Gasteiger partial charge in [0.1, 0.15) is 0 Å². The number of esters is 1. The van der Waals surface area contributed by atoms with E-state index in [9.17, 15) is 9.59 Å². The van der Waals surface area contributed by atoms with E-state index in [1.165, 1.54) is 7.11 Å². The quantitative estimate of drug-likeness (QED) is 0.789. The van der Waals surface area contributed by atoms with E-state index in [-0.39, 0.29) is 12.3 Å². The van der Waals surface area contributed by atoms with Crippen LogP contribution in [0.1, 0.15) is 16.8 Å². The average molecular weight is 300 g/mol. The number of nitrogens with zero attached hydrogens (tertiary/aromatic N) is 2. The fraction of sp³-hybridized carbons (Fsp3) is 0.200. The summed E-state index contributed by atoms with van der Waals surface area (Å²) in [6.07, 6.45) is 3.52. The lowest BCUT2D eigenvalue weighted by molar-refractivity contribution is -0.115. The molecular formula is C15H16N4O3. The van der Waals surface area contributed by atoms with E-state index in [1.54, 1.807) is 42.7 Å². The highest BCUT2D eigenvalue weighted by molar-refractivity contribution is 5.93. The molecule has 0 aliphatic carbocycles. The lowest BCUT2D eigenvalue weighted by atomic mass is 10.2. The van der Waals surface area contributed by atoms with Crippen molar-refractivity contribution in [3.05, 3.63) is 48.3 Å². The van der Waals surface area contributed by atoms with Gasteiger partial charge in [-0.1, -0.05) is 0 Å². The van der Waals surface area contributed by atoms with Gasteiger partial charge in [0.05, 0.1) is 12.7 Å². The van der Waals surface area contributed by atoms with Crippen molar-refractivity contribution in [2.45, 2.75) is 6.42 Å². The summed E-state index contributed by atoms with van der Waals surface area (Å²) in [5, 5.41) is 5.69. The van der Waals surface area contributed by atoms with Crippen molar-refractivity contribution in [1.29, 1.82) is 0 Å². The molecule has 7 heteroatoms. The van der Waals surface area contributed by atoms with Crippen LogP contribution in [0.25, 0.3) is 0 Å². The number of methoxy groups -OCH3 is 1. The van der Waals surface area contributed by atoms with Crippen LogP contribution in [0.3, 0.4) is 0 Å². The minimum absolute atomic E-state index is 0.144. The number of hydrogen-bond acceptors (Lipinski definition) is 6. The monoisotopic (exact) mass is 300 g/mol. The molecule has 0 aliphatic heterocycles. The number of benzene rings is 1. The van der Waals surface area contributed by atoms with Gasteiger partial charge < -0.3 is 15.4 Å². The molecule has 0 atom stereocenters. The summed E-state index contributed by atoms with van der Waals surface area (Å²) in [5.41, 5.74) is 1.05. The zero-order chi connectivity index (χ0) is 15.8. The number of carbonyl (C=O) groups excluding carboxylic acids is 2. The molecular weight excluding hydrogens is 284 g/mol. The van der Waals surface area contributed by atoms with Gasteiger partial charge in [-0.15, -0.1) is 0 Å². The maximum absolute atomic E-state index is 11.8. The number of nitrogens with one attached hydrogen (secondary N) is 2. The maximum atomic E-state index is 11.8. The minimum Gasteiger partial charge on any atom is -0.465 e. The van der Waals surface area contributed by atoms with Crippen molar-refractivity contribution in [2.24, 2.45) is 0 Å². The molecule has 2 N–H and O–H groups in total. The Morgan fingerprint density at radius 2 is 1.82 bits per heavy atom. The molecule has 1 heterocycles. The van der Waals surface area contributed by atoms with Gasteiger partial charge in [-0.05, 0) is 30.3 Å². The smallest absolute Gasteiger partial charge is 0.337 e. The molecule has 0 unspecified atom stereocenters. The SMILES string of the molecule is COC(=O)c1ccc(NC(=O)CCNc2ncccn2)cc1. The van der Waals surface area contributed by atoms with Gasteiger partial charge in [0, 0.05) is 31.0 Å². The van der Waals surface area contributed by atoms with Crippen molar-refractivity contribution in [3.8, 4) is 0 Å². The summed E-state index contributed by atoms with van der Waals surface area (Å²) in [6, 6.07) is 8.21. The van der Waals surface area contributed by atoms with Gasteiger partial charge in [-0.25, -0.2) is 14.8 Å². The molecule has 0 aliphatic rings. The Morgan fingerprint density at radius 3 is 2.45 bits per heavy atom. The fourth-order valence-electron chi connectivity index (χ4n) is 1.71. The average Bonchev–Trinajstić information content (AvgIpc) is 2.56. The summed E-state index contributed by atoms with van der Waals surface area (Å²) < 4.78 is 4.61. The van der Waals surface area contributed by atoms with Crippen LogP contribution in [0.15, 0.2) is 42.7 Å². The first-order valence-electron chi connectivity index (χ1n) is 6.68. The van der Waals surface area contributed by atoms with Crippen molar-refractivity contribution in [2.75, 3.05) is 24.3 Å². The topological polar surface area (TPSA) is 93.2 Å². The second-order valence-electron chi connectivity index (χ2n) is 4.37. The molecule has 1 amide bonds. The minimum atomic E-state index is -0.412. The summed E-state index contributed by atoms with van der Waals surface area (Å²) in [7, 11) is 1.32. The van der Waals surface area contributed by atoms with E-state index in [0.717, 1.165) is 0 Å². The standard InChI is InChI=1S/C15H16N4O3/c1-22-14(21)11-3-5-12(6-4-11)19-13(20)7-10-18-15-16-8-2-9-17-15/h2-6,8-9H,7,10H2,1H3,(H,19,20)(H,16,17,18). The zero-order valence-electron chi connectivity index (χ0n) is 12.1. The second kappa shape index (κ2) is 7.72. The fourth-order valence-corrected chi connectivity index (χ4v) is 1.71. The van der Waals surface area contributed by atoms with E-state index in [1.807, 2.05) is 0 Å². The summed E-state index contributed by atoms with van der Waals surface area (Å²) in [4.78, 5) is 31.1. The summed E-state index contributed by atoms with van der Waals surface area (Å²) >= 11 is 0. The maximum Gasteiger partial charge on any atom is 0.337 e. The molecule has 0 spiro atoms. The third kappa shape index (κ3) is 4.55. The Bertz CT molecular complexity index is 629. The van der Waals surface area contributed by atoms with Crippen LogP contribution in [0, 0.1) is 0 Å². The van der Waals surface area contributed by atoms with Gasteiger partial charge >= 0.3 is 5.97 Å². The molecule has 22 heavy (non-hydrogen) atoms. The van der Waals surface area contributed by atoms with Crippen molar-refractivity contribution < 1.29 is 14.3 Å². The van der Waals surface area contributed by atoms with Crippen LogP contribution in [0.4, 0.5) is 11.6 Å². The molecule has 2 aromatic rings.